The van der Waals surface area contributed by atoms with Gasteiger partial charge < -0.3 is 10.6 Å². The lowest BCUT2D eigenvalue weighted by atomic mass is 10.1. The highest BCUT2D eigenvalue weighted by Gasteiger charge is 2.28. The van der Waals surface area contributed by atoms with E-state index in [1.54, 1.807) is 24.3 Å². The largest absolute Gasteiger partial charge is 0.346 e. The molecule has 0 unspecified atom stereocenters. The molecule has 0 bridgehead atoms. The molecule has 3 rings (SSSR count). The Kier molecular flexibility index (Phi) is 4.79. The molecular formula is C19H19N3O3. The lowest BCUT2D eigenvalue weighted by molar-refractivity contribution is -0.125. The summed E-state index contributed by atoms with van der Waals surface area (Å²) in [7, 11) is 0. The smallest absolute Gasteiger partial charge is 0.324 e. The fraction of sp³-hybridized carbons (Fsp3) is 0.211. The van der Waals surface area contributed by atoms with E-state index in [0.29, 0.717) is 5.56 Å². The van der Waals surface area contributed by atoms with Crippen molar-refractivity contribution in [3.05, 3.63) is 71.3 Å². The SMILES string of the molecule is C[C@@H](NC(=O)c1ccc(CN2C(=O)CNC2=O)cc1)c1ccccc1. The van der Waals surface area contributed by atoms with Gasteiger partial charge in [-0.05, 0) is 30.2 Å². The molecule has 6 heteroatoms. The van der Waals surface area contributed by atoms with Gasteiger partial charge in [0.25, 0.3) is 5.91 Å². The fourth-order valence-corrected chi connectivity index (χ4v) is 2.66. The number of nitrogens with one attached hydrogen (secondary N) is 2. The second kappa shape index (κ2) is 7.17. The van der Waals surface area contributed by atoms with Gasteiger partial charge in [0.2, 0.25) is 5.91 Å². The molecule has 2 aromatic rings. The number of hydrogen-bond acceptors (Lipinski definition) is 3. The number of urea groups is 1. The number of imide groups is 1. The standard InChI is InChI=1S/C19H19N3O3/c1-13(15-5-3-2-4-6-15)21-18(24)16-9-7-14(8-10-16)12-22-17(23)11-20-19(22)25/h2-10,13H,11-12H2,1H3,(H,20,25)(H,21,24)/t13-/m1/s1. The number of hydrogen-bond donors (Lipinski definition) is 2. The third-order valence-corrected chi connectivity index (χ3v) is 4.14. The summed E-state index contributed by atoms with van der Waals surface area (Å²) in [4.78, 5) is 36.7. The Labute approximate surface area is 145 Å². The van der Waals surface area contributed by atoms with Crippen molar-refractivity contribution in [3.8, 4) is 0 Å². The highest BCUT2D eigenvalue weighted by atomic mass is 16.2. The Morgan fingerprint density at radius 3 is 2.40 bits per heavy atom. The maximum atomic E-state index is 12.3. The van der Waals surface area contributed by atoms with Crippen LogP contribution >= 0.6 is 0 Å². The first-order valence-corrected chi connectivity index (χ1v) is 8.07. The van der Waals surface area contributed by atoms with E-state index >= 15 is 0 Å². The van der Waals surface area contributed by atoms with E-state index in [1.807, 2.05) is 37.3 Å². The van der Waals surface area contributed by atoms with E-state index in [0.717, 1.165) is 16.0 Å². The van der Waals surface area contributed by atoms with Crippen LogP contribution in [-0.4, -0.2) is 29.3 Å². The molecule has 0 aromatic heterocycles. The lowest BCUT2D eigenvalue weighted by Crippen LogP contribution is -2.30. The number of rotatable bonds is 5. The fourth-order valence-electron chi connectivity index (χ4n) is 2.66. The summed E-state index contributed by atoms with van der Waals surface area (Å²) in [6.07, 6.45) is 0. The summed E-state index contributed by atoms with van der Waals surface area (Å²) in [6.45, 7) is 2.17. The average Bonchev–Trinajstić information content (AvgIpc) is 2.95. The first-order chi connectivity index (χ1) is 12.0. The highest BCUT2D eigenvalue weighted by Crippen LogP contribution is 2.14. The Balaban J connectivity index is 1.62. The van der Waals surface area contributed by atoms with Gasteiger partial charge >= 0.3 is 6.03 Å². The Morgan fingerprint density at radius 2 is 1.80 bits per heavy atom. The highest BCUT2D eigenvalue weighted by molar-refractivity contribution is 6.01. The molecule has 0 spiro atoms. The second-order valence-corrected chi connectivity index (χ2v) is 5.94. The van der Waals surface area contributed by atoms with Crippen LogP contribution < -0.4 is 10.6 Å². The average molecular weight is 337 g/mol. The van der Waals surface area contributed by atoms with Crippen molar-refractivity contribution >= 4 is 17.8 Å². The van der Waals surface area contributed by atoms with Crippen molar-refractivity contribution in [2.24, 2.45) is 0 Å². The van der Waals surface area contributed by atoms with E-state index in [-0.39, 0.29) is 37.0 Å². The first-order valence-electron chi connectivity index (χ1n) is 8.07. The monoisotopic (exact) mass is 337 g/mol. The lowest BCUT2D eigenvalue weighted by Gasteiger charge is -2.15. The van der Waals surface area contributed by atoms with Gasteiger partial charge in [0.05, 0.1) is 19.1 Å². The van der Waals surface area contributed by atoms with Gasteiger partial charge in [-0.25, -0.2) is 4.79 Å². The minimum Gasteiger partial charge on any atom is -0.346 e. The van der Waals surface area contributed by atoms with Crippen LogP contribution in [0.5, 0.6) is 0 Å². The molecule has 1 fully saturated rings. The van der Waals surface area contributed by atoms with Gasteiger partial charge in [-0.15, -0.1) is 0 Å². The molecule has 1 aliphatic rings. The molecule has 1 heterocycles. The van der Waals surface area contributed by atoms with Crippen molar-refractivity contribution in [1.29, 1.82) is 0 Å². The summed E-state index contributed by atoms with van der Waals surface area (Å²) >= 11 is 0. The molecule has 0 saturated carbocycles. The molecule has 2 N–H and O–H groups in total. The van der Waals surface area contributed by atoms with Crippen molar-refractivity contribution in [2.45, 2.75) is 19.5 Å². The van der Waals surface area contributed by atoms with Gasteiger partial charge in [-0.2, -0.15) is 0 Å². The number of carbonyl (C=O) groups is 3. The van der Waals surface area contributed by atoms with Crippen LogP contribution in [0.2, 0.25) is 0 Å². The van der Waals surface area contributed by atoms with Crippen LogP contribution in [0.15, 0.2) is 54.6 Å². The number of nitrogens with zero attached hydrogens (tertiary/aromatic N) is 1. The molecular weight excluding hydrogens is 318 g/mol. The Hall–Kier alpha value is -3.15. The van der Waals surface area contributed by atoms with Crippen LogP contribution in [0.3, 0.4) is 0 Å². The van der Waals surface area contributed by atoms with Crippen LogP contribution in [0.1, 0.15) is 34.5 Å². The van der Waals surface area contributed by atoms with Crippen LogP contribution in [0, 0.1) is 0 Å². The predicted molar refractivity (Wildman–Crippen MR) is 92.7 cm³/mol. The minimum atomic E-state index is -0.386. The molecule has 2 aromatic carbocycles. The topological polar surface area (TPSA) is 78.5 Å². The van der Waals surface area contributed by atoms with Crippen LogP contribution in [0.25, 0.3) is 0 Å². The summed E-state index contributed by atoms with van der Waals surface area (Å²) < 4.78 is 0. The van der Waals surface area contributed by atoms with Gasteiger partial charge in [0.1, 0.15) is 0 Å². The molecule has 1 aliphatic heterocycles. The van der Waals surface area contributed by atoms with Crippen molar-refractivity contribution in [2.75, 3.05) is 6.54 Å². The van der Waals surface area contributed by atoms with Gasteiger partial charge in [-0.3, -0.25) is 14.5 Å². The van der Waals surface area contributed by atoms with Crippen molar-refractivity contribution in [1.82, 2.24) is 15.5 Å². The van der Waals surface area contributed by atoms with Crippen LogP contribution in [0.4, 0.5) is 4.79 Å². The zero-order valence-corrected chi connectivity index (χ0v) is 13.9. The minimum absolute atomic E-state index is 0.0384. The molecule has 25 heavy (non-hydrogen) atoms. The summed E-state index contributed by atoms with van der Waals surface area (Å²) in [5, 5.41) is 5.43. The molecule has 0 aliphatic carbocycles. The Morgan fingerprint density at radius 1 is 1.12 bits per heavy atom. The van der Waals surface area contributed by atoms with E-state index < -0.39 is 0 Å². The first kappa shape index (κ1) is 16.7. The number of benzene rings is 2. The molecule has 6 nitrogen and oxygen atoms in total. The van der Waals surface area contributed by atoms with Crippen molar-refractivity contribution in [3.63, 3.8) is 0 Å². The predicted octanol–water partition coefficient (Wildman–Crippen LogP) is 2.23. The zero-order valence-electron chi connectivity index (χ0n) is 13.9. The second-order valence-electron chi connectivity index (χ2n) is 5.94. The molecule has 128 valence electrons. The molecule has 1 saturated heterocycles. The van der Waals surface area contributed by atoms with Gasteiger partial charge in [-0.1, -0.05) is 42.5 Å². The molecule has 0 radical (unpaired) electrons. The summed E-state index contributed by atoms with van der Waals surface area (Å²) in [5.41, 5.74) is 2.35. The Bertz CT molecular complexity index is 771. The van der Waals surface area contributed by atoms with E-state index in [4.69, 9.17) is 0 Å². The van der Waals surface area contributed by atoms with E-state index in [2.05, 4.69) is 10.6 Å². The molecule has 4 amide bonds. The van der Waals surface area contributed by atoms with Gasteiger partial charge in [0, 0.05) is 5.56 Å². The maximum absolute atomic E-state index is 12.3. The van der Waals surface area contributed by atoms with Crippen LogP contribution in [-0.2, 0) is 11.3 Å². The van der Waals surface area contributed by atoms with Gasteiger partial charge in [0.15, 0.2) is 0 Å². The number of carbonyl (C=O) groups excluding carboxylic acids is 3. The molecule has 1 atom stereocenters. The number of amides is 4. The van der Waals surface area contributed by atoms with E-state index in [1.165, 1.54) is 0 Å². The zero-order chi connectivity index (χ0) is 17.8. The van der Waals surface area contributed by atoms with Crippen molar-refractivity contribution < 1.29 is 14.4 Å². The maximum Gasteiger partial charge on any atom is 0.324 e. The third-order valence-electron chi connectivity index (χ3n) is 4.14. The third kappa shape index (κ3) is 3.85. The van der Waals surface area contributed by atoms with E-state index in [9.17, 15) is 14.4 Å². The summed E-state index contributed by atoms with van der Waals surface area (Å²) in [5.74, 6) is -0.415. The summed E-state index contributed by atoms with van der Waals surface area (Å²) in [6, 6.07) is 16.1. The quantitative estimate of drug-likeness (QED) is 0.821. The normalized spacial score (nSPS) is 15.0.